The highest BCUT2D eigenvalue weighted by molar-refractivity contribution is 9.10. The van der Waals surface area contributed by atoms with Crippen molar-refractivity contribution in [3.63, 3.8) is 0 Å². The van der Waals surface area contributed by atoms with E-state index in [1.807, 2.05) is 47.0 Å². The number of thioether (sulfide) groups is 1. The highest BCUT2D eigenvalue weighted by Crippen LogP contribution is 2.29. The predicted octanol–water partition coefficient (Wildman–Crippen LogP) is 4.23. The molecule has 4 rings (SSSR count). The molecule has 0 unspecified atom stereocenters. The Hall–Kier alpha value is -1.66. The van der Waals surface area contributed by atoms with Gasteiger partial charge in [0.25, 0.3) is 5.91 Å². The van der Waals surface area contributed by atoms with Crippen LogP contribution in [0, 0.1) is 0 Å². The van der Waals surface area contributed by atoms with Crippen molar-refractivity contribution in [1.29, 1.82) is 0 Å². The van der Waals surface area contributed by atoms with Gasteiger partial charge >= 0.3 is 0 Å². The van der Waals surface area contributed by atoms with Gasteiger partial charge in [-0.05, 0) is 21.5 Å². The van der Waals surface area contributed by atoms with Gasteiger partial charge in [-0.25, -0.2) is 0 Å². The van der Waals surface area contributed by atoms with Crippen LogP contribution >= 0.6 is 27.7 Å². The average molecular weight is 405 g/mol. The van der Waals surface area contributed by atoms with Gasteiger partial charge in [0.15, 0.2) is 10.3 Å². The normalized spacial score (nSPS) is 15.1. The molecule has 1 amide bonds. The minimum absolute atomic E-state index is 0.0914. The van der Waals surface area contributed by atoms with E-state index >= 15 is 0 Å². The van der Waals surface area contributed by atoms with Crippen molar-refractivity contribution in [1.82, 2.24) is 9.47 Å². The molecule has 1 aliphatic heterocycles. The average Bonchev–Trinajstić information content (AvgIpc) is 3.13. The highest BCUT2D eigenvalue weighted by Gasteiger charge is 2.24. The third-order valence-corrected chi connectivity index (χ3v) is 5.59. The van der Waals surface area contributed by atoms with Gasteiger partial charge in [0, 0.05) is 43.3 Å². The summed E-state index contributed by atoms with van der Waals surface area (Å²) in [6.45, 7) is 2.27. The first-order valence-electron chi connectivity index (χ1n) is 7.92. The molecule has 4 nitrogen and oxygen atoms in total. The molecule has 124 valence electrons. The van der Waals surface area contributed by atoms with Crippen molar-refractivity contribution in [3.05, 3.63) is 58.4 Å². The van der Waals surface area contributed by atoms with Crippen LogP contribution in [-0.4, -0.2) is 40.0 Å². The number of rotatable bonds is 3. The molecule has 0 radical (unpaired) electrons. The lowest BCUT2D eigenvalue weighted by Gasteiger charge is -2.26. The number of halogens is 1. The van der Waals surface area contributed by atoms with Crippen LogP contribution in [0.5, 0.6) is 0 Å². The summed E-state index contributed by atoms with van der Waals surface area (Å²) in [5.74, 6) is 2.10. The fraction of sp³-hybridized carbons (Fsp3) is 0.278. The Bertz CT molecular complexity index is 866. The fourth-order valence-electron chi connectivity index (χ4n) is 3.05. The topological polar surface area (TPSA) is 38.4 Å². The summed E-state index contributed by atoms with van der Waals surface area (Å²) in [5.41, 5.74) is 3.55. The molecule has 0 bridgehead atoms. The molecule has 0 saturated carbocycles. The van der Waals surface area contributed by atoms with Gasteiger partial charge in [0.2, 0.25) is 0 Å². The van der Waals surface area contributed by atoms with Crippen molar-refractivity contribution < 1.29 is 9.21 Å². The summed E-state index contributed by atoms with van der Waals surface area (Å²) in [6, 6.07) is 14.0. The molecule has 6 heteroatoms. The van der Waals surface area contributed by atoms with E-state index in [-0.39, 0.29) is 5.91 Å². The standard InChI is InChI=1S/C18H17BrN2O2S/c19-17-11-14-16(23-17)10-15(18(22)20-6-8-24-9-7-20)21(14)12-13-4-2-1-3-5-13/h1-5,10-11H,6-9,12H2. The third kappa shape index (κ3) is 3.00. The zero-order valence-corrected chi connectivity index (χ0v) is 15.5. The summed E-state index contributed by atoms with van der Waals surface area (Å²) in [5, 5.41) is 0. The number of furan rings is 1. The zero-order chi connectivity index (χ0) is 16.5. The van der Waals surface area contributed by atoms with Crippen LogP contribution in [0.25, 0.3) is 11.1 Å². The van der Waals surface area contributed by atoms with Crippen LogP contribution in [-0.2, 0) is 6.54 Å². The molecule has 1 aromatic carbocycles. The van der Waals surface area contributed by atoms with Crippen molar-refractivity contribution in [2.75, 3.05) is 24.6 Å². The predicted molar refractivity (Wildman–Crippen MR) is 101 cm³/mol. The Morgan fingerprint density at radius 3 is 2.67 bits per heavy atom. The molecule has 24 heavy (non-hydrogen) atoms. The highest BCUT2D eigenvalue weighted by atomic mass is 79.9. The number of hydrogen-bond acceptors (Lipinski definition) is 3. The lowest BCUT2D eigenvalue weighted by Crippen LogP contribution is -2.38. The minimum Gasteiger partial charge on any atom is -0.448 e. The second-order valence-electron chi connectivity index (χ2n) is 5.81. The van der Waals surface area contributed by atoms with Gasteiger partial charge in [-0.15, -0.1) is 0 Å². The molecule has 0 spiro atoms. The van der Waals surface area contributed by atoms with Crippen LogP contribution < -0.4 is 0 Å². The number of nitrogens with zero attached hydrogens (tertiary/aromatic N) is 2. The zero-order valence-electron chi connectivity index (χ0n) is 13.1. The Labute approximate surface area is 152 Å². The maximum atomic E-state index is 13.0. The molecule has 1 fully saturated rings. The Morgan fingerprint density at radius 1 is 1.17 bits per heavy atom. The molecule has 1 saturated heterocycles. The van der Waals surface area contributed by atoms with E-state index in [2.05, 4.69) is 32.6 Å². The lowest BCUT2D eigenvalue weighted by molar-refractivity contribution is 0.0762. The van der Waals surface area contributed by atoms with Gasteiger partial charge in [0.1, 0.15) is 5.69 Å². The summed E-state index contributed by atoms with van der Waals surface area (Å²) in [4.78, 5) is 15.0. The smallest absolute Gasteiger partial charge is 0.270 e. The van der Waals surface area contributed by atoms with E-state index in [0.717, 1.165) is 41.3 Å². The number of carbonyl (C=O) groups excluding carboxylic acids is 1. The van der Waals surface area contributed by atoms with E-state index in [1.54, 1.807) is 0 Å². The van der Waals surface area contributed by atoms with Gasteiger partial charge in [0.05, 0.1) is 5.52 Å². The SMILES string of the molecule is O=C(c1cc2oc(Br)cc2n1Cc1ccccc1)N1CCSCC1. The van der Waals surface area contributed by atoms with E-state index in [1.165, 1.54) is 0 Å². The molecule has 3 heterocycles. The first kappa shape index (κ1) is 15.8. The number of fused-ring (bicyclic) bond motifs is 1. The van der Waals surface area contributed by atoms with Gasteiger partial charge in [-0.1, -0.05) is 30.3 Å². The number of amides is 1. The number of carbonyl (C=O) groups is 1. The largest absolute Gasteiger partial charge is 0.448 e. The second-order valence-corrected chi connectivity index (χ2v) is 7.81. The lowest BCUT2D eigenvalue weighted by atomic mass is 10.2. The number of aromatic nitrogens is 1. The van der Waals surface area contributed by atoms with Gasteiger partial charge < -0.3 is 13.9 Å². The van der Waals surface area contributed by atoms with E-state index in [9.17, 15) is 4.79 Å². The maximum Gasteiger partial charge on any atom is 0.270 e. The van der Waals surface area contributed by atoms with Crippen molar-refractivity contribution in [2.45, 2.75) is 6.54 Å². The maximum absolute atomic E-state index is 13.0. The summed E-state index contributed by atoms with van der Waals surface area (Å²) in [6.07, 6.45) is 0. The van der Waals surface area contributed by atoms with Crippen molar-refractivity contribution >= 4 is 44.7 Å². The van der Waals surface area contributed by atoms with E-state index in [0.29, 0.717) is 16.9 Å². The van der Waals surface area contributed by atoms with Crippen molar-refractivity contribution in [2.24, 2.45) is 0 Å². The van der Waals surface area contributed by atoms with Gasteiger partial charge in [-0.2, -0.15) is 11.8 Å². The van der Waals surface area contributed by atoms with Crippen LogP contribution in [0.4, 0.5) is 0 Å². The first-order valence-corrected chi connectivity index (χ1v) is 9.86. The van der Waals surface area contributed by atoms with Gasteiger partial charge in [-0.3, -0.25) is 4.79 Å². The minimum atomic E-state index is 0.0914. The Kier molecular flexibility index (Phi) is 4.41. The van der Waals surface area contributed by atoms with Crippen LogP contribution in [0.15, 0.2) is 51.6 Å². The molecular weight excluding hydrogens is 388 g/mol. The number of hydrogen-bond donors (Lipinski definition) is 0. The molecule has 0 aliphatic carbocycles. The van der Waals surface area contributed by atoms with E-state index < -0.39 is 0 Å². The van der Waals surface area contributed by atoms with E-state index in [4.69, 9.17) is 4.42 Å². The molecule has 0 N–H and O–H groups in total. The Balaban J connectivity index is 1.75. The Morgan fingerprint density at radius 2 is 1.92 bits per heavy atom. The monoisotopic (exact) mass is 404 g/mol. The number of benzene rings is 1. The third-order valence-electron chi connectivity index (χ3n) is 4.26. The molecule has 0 atom stereocenters. The molecular formula is C18H17BrN2O2S. The molecule has 2 aromatic heterocycles. The van der Waals surface area contributed by atoms with Crippen LogP contribution in [0.2, 0.25) is 0 Å². The van der Waals surface area contributed by atoms with Crippen LogP contribution in [0.3, 0.4) is 0 Å². The fourth-order valence-corrected chi connectivity index (χ4v) is 4.35. The summed E-state index contributed by atoms with van der Waals surface area (Å²) < 4.78 is 8.43. The molecule has 3 aromatic rings. The first-order chi connectivity index (χ1) is 11.7. The molecule has 1 aliphatic rings. The summed E-state index contributed by atoms with van der Waals surface area (Å²) >= 11 is 5.28. The second kappa shape index (κ2) is 6.69. The summed E-state index contributed by atoms with van der Waals surface area (Å²) in [7, 11) is 0. The van der Waals surface area contributed by atoms with Crippen molar-refractivity contribution in [3.8, 4) is 0 Å². The van der Waals surface area contributed by atoms with Crippen LogP contribution in [0.1, 0.15) is 16.1 Å². The quantitative estimate of drug-likeness (QED) is 0.655.